The third-order valence-corrected chi connectivity index (χ3v) is 9.90. The maximum absolute atomic E-state index is 12.0. The van der Waals surface area contributed by atoms with Crippen molar-refractivity contribution in [1.82, 2.24) is 0 Å². The van der Waals surface area contributed by atoms with E-state index in [1.165, 1.54) is 19.3 Å². The summed E-state index contributed by atoms with van der Waals surface area (Å²) in [5.41, 5.74) is -0.473. The van der Waals surface area contributed by atoms with Crippen molar-refractivity contribution in [2.75, 3.05) is 106 Å². The molecule has 0 heterocycles. The zero-order valence-electron chi connectivity index (χ0n) is 40.0. The van der Waals surface area contributed by atoms with Gasteiger partial charge in [0.25, 0.3) is 0 Å². The van der Waals surface area contributed by atoms with E-state index in [0.717, 1.165) is 25.2 Å². The summed E-state index contributed by atoms with van der Waals surface area (Å²) in [6.07, 6.45) is 12.1. The summed E-state index contributed by atoms with van der Waals surface area (Å²) in [7, 11) is 0. The minimum absolute atomic E-state index is 0. The second-order valence-electron chi connectivity index (χ2n) is 16.5. The maximum atomic E-state index is 12.0. The van der Waals surface area contributed by atoms with E-state index in [1.54, 1.807) is 0 Å². The van der Waals surface area contributed by atoms with Crippen LogP contribution in [-0.4, -0.2) is 140 Å². The van der Waals surface area contributed by atoms with Crippen LogP contribution in [0.3, 0.4) is 0 Å². The third kappa shape index (κ3) is 65.5. The molecule has 426 valence electrons. The Balaban J connectivity index is -0.000000117. The second-order valence-corrected chi connectivity index (χ2v) is 16.5. The zero-order chi connectivity index (χ0) is 46.5. The van der Waals surface area contributed by atoms with E-state index in [9.17, 15) is 24.0 Å². The number of unbranched alkanes of at least 4 members (excludes halogenated alkanes) is 3. The van der Waals surface area contributed by atoms with Gasteiger partial charge in [0.15, 0.2) is 23.1 Å². The second kappa shape index (κ2) is 66.5. The van der Waals surface area contributed by atoms with E-state index in [0.29, 0.717) is 143 Å². The summed E-state index contributed by atoms with van der Waals surface area (Å²) < 4.78 is 42.5. The zero-order valence-corrected chi connectivity index (χ0v) is 40.0. The van der Waals surface area contributed by atoms with Crippen molar-refractivity contribution >= 4 is 28.9 Å². The predicted octanol–water partition coefficient (Wildman–Crippen LogP) is 13.3. The fourth-order valence-electron chi connectivity index (χ4n) is 5.57. The molecule has 0 aromatic heterocycles. The lowest BCUT2D eigenvalue weighted by molar-refractivity contribution is -0.125. The van der Waals surface area contributed by atoms with Gasteiger partial charge in [0.05, 0.1) is 52.9 Å². The number of hydrogen-bond donors (Lipinski definition) is 0. The molecule has 14 nitrogen and oxygen atoms in total. The molecule has 0 fully saturated rings. The molecule has 0 aliphatic rings. The van der Waals surface area contributed by atoms with Gasteiger partial charge in [-0.1, -0.05) is 120 Å². The summed E-state index contributed by atoms with van der Waals surface area (Å²) in [4.78, 5) is 62.1. The summed E-state index contributed by atoms with van der Waals surface area (Å²) in [5.74, 6) is 1.52. The summed E-state index contributed by atoms with van der Waals surface area (Å²) in [6.45, 7) is 27.6. The van der Waals surface area contributed by atoms with Gasteiger partial charge < -0.3 is 42.7 Å². The Labute approximate surface area is 434 Å². The molecule has 1 atom stereocenters. The Hall–Kier alpha value is -2.48. The van der Waals surface area contributed by atoms with Crippen molar-refractivity contribution < 1.29 is 61.9 Å². The molecule has 0 aliphatic heterocycles. The first-order valence-corrected chi connectivity index (χ1v) is 23.4. The van der Waals surface area contributed by atoms with Crippen LogP contribution in [0.15, 0.2) is 0 Å². The Kier molecular flexibility index (Phi) is 85.8. The van der Waals surface area contributed by atoms with Crippen LogP contribution in [0.1, 0.15) is 211 Å². The van der Waals surface area contributed by atoms with Crippen molar-refractivity contribution in [3.8, 4) is 0 Å². The molecule has 0 saturated carbocycles. The molecular weight excluding hydrogens is 895 g/mol. The van der Waals surface area contributed by atoms with Crippen molar-refractivity contribution in [3.05, 3.63) is 11.4 Å². The Morgan fingerprint density at radius 2 is 0.743 bits per heavy atom. The normalized spacial score (nSPS) is 10.8. The highest BCUT2D eigenvalue weighted by Crippen LogP contribution is 2.27. The van der Waals surface area contributed by atoms with Crippen molar-refractivity contribution in [2.24, 2.45) is 11.8 Å². The van der Waals surface area contributed by atoms with Gasteiger partial charge in [0, 0.05) is 84.2 Å². The van der Waals surface area contributed by atoms with Gasteiger partial charge in [0.2, 0.25) is 5.54 Å². The highest BCUT2D eigenvalue weighted by atomic mass is 16.5. The Morgan fingerprint density at radius 1 is 0.414 bits per heavy atom. The summed E-state index contributed by atoms with van der Waals surface area (Å²) in [5, 5.41) is 0. The number of ketones is 5. The van der Waals surface area contributed by atoms with Gasteiger partial charge >= 0.3 is 0 Å². The van der Waals surface area contributed by atoms with Crippen LogP contribution in [0.5, 0.6) is 0 Å². The molecule has 14 heteroatoms. The summed E-state index contributed by atoms with van der Waals surface area (Å²) in [6, 6.07) is 0. The number of nitrogens with zero attached hydrogens (tertiary/aromatic N) is 1. The average molecular weight is 1010 g/mol. The SMILES string of the molecule is C.C.C.C.C.C.C.C.CCOCCOCC(=O)CCCOCCOCC(=O)CCCCCCC(C)C.[C-]#[N+]C(C)(CCC(=O)CCCOCCOCC(=O)CCCOCCOCC(=O)CCC)C(C)C. The number of hydrogen-bond acceptors (Lipinski definition) is 13. The van der Waals surface area contributed by atoms with Crippen LogP contribution in [0.2, 0.25) is 0 Å². The predicted molar refractivity (Wildman–Crippen MR) is 295 cm³/mol. The molecule has 0 N–H and O–H groups in total. The topological polar surface area (TPSA) is 164 Å². The van der Waals surface area contributed by atoms with Crippen molar-refractivity contribution in [2.45, 2.75) is 216 Å². The number of ether oxygens (including phenoxy) is 8. The fraction of sp³-hybridized carbons (Fsp3) is 0.893. The molecule has 0 aromatic carbocycles. The van der Waals surface area contributed by atoms with E-state index in [2.05, 4.69) is 18.7 Å². The first-order valence-electron chi connectivity index (χ1n) is 23.4. The molecule has 0 aromatic rings. The van der Waals surface area contributed by atoms with Gasteiger partial charge in [-0.25, -0.2) is 6.57 Å². The maximum Gasteiger partial charge on any atom is 0.232 e. The van der Waals surface area contributed by atoms with Crippen LogP contribution < -0.4 is 0 Å². The minimum atomic E-state index is -0.473. The van der Waals surface area contributed by atoms with Gasteiger partial charge in [-0.2, -0.15) is 0 Å². The van der Waals surface area contributed by atoms with Crippen LogP contribution in [0, 0.1) is 18.4 Å². The lowest BCUT2D eigenvalue weighted by Gasteiger charge is -2.20. The highest BCUT2D eigenvalue weighted by molar-refractivity contribution is 5.80. The van der Waals surface area contributed by atoms with Crippen LogP contribution in [0.25, 0.3) is 4.85 Å². The average Bonchev–Trinajstić information content (AvgIpc) is 3.24. The number of carbonyl (C=O) groups excluding carboxylic acids is 5. The van der Waals surface area contributed by atoms with Crippen LogP contribution in [0.4, 0.5) is 0 Å². The molecular formula is C56H119NO13. The highest BCUT2D eigenvalue weighted by Gasteiger charge is 2.34. The largest absolute Gasteiger partial charge is 0.379 e. The molecule has 0 bridgehead atoms. The molecule has 0 rings (SSSR count). The third-order valence-electron chi connectivity index (χ3n) is 9.90. The minimum Gasteiger partial charge on any atom is -0.379 e. The molecule has 70 heavy (non-hydrogen) atoms. The molecule has 0 saturated heterocycles. The fourth-order valence-corrected chi connectivity index (χ4v) is 5.57. The van der Waals surface area contributed by atoms with E-state index >= 15 is 0 Å². The molecule has 1 unspecified atom stereocenters. The summed E-state index contributed by atoms with van der Waals surface area (Å²) >= 11 is 0. The number of rotatable bonds is 46. The van der Waals surface area contributed by atoms with Crippen LogP contribution >= 0.6 is 0 Å². The first-order chi connectivity index (χ1) is 29.8. The van der Waals surface area contributed by atoms with Gasteiger partial charge in [-0.15, -0.1) is 0 Å². The number of carbonyl (C=O) groups is 5. The molecule has 0 spiro atoms. The lowest BCUT2D eigenvalue weighted by atomic mass is 9.84. The first kappa shape index (κ1) is 90.3. The van der Waals surface area contributed by atoms with E-state index in [4.69, 9.17) is 44.5 Å². The molecule has 0 aliphatic carbocycles. The van der Waals surface area contributed by atoms with E-state index in [1.807, 2.05) is 34.6 Å². The van der Waals surface area contributed by atoms with Gasteiger partial charge in [-0.3, -0.25) is 24.0 Å². The molecule has 0 amide bonds. The van der Waals surface area contributed by atoms with Crippen molar-refractivity contribution in [1.29, 1.82) is 0 Å². The van der Waals surface area contributed by atoms with Crippen LogP contribution in [-0.2, 0) is 61.9 Å². The Morgan fingerprint density at radius 3 is 1.09 bits per heavy atom. The number of Topliss-reactive ketones (excluding diaryl/α,β-unsaturated/α-hetero) is 5. The Bertz CT molecular complexity index is 1160. The van der Waals surface area contributed by atoms with Gasteiger partial charge in [-0.05, 0) is 44.9 Å². The van der Waals surface area contributed by atoms with Crippen molar-refractivity contribution in [3.63, 3.8) is 0 Å². The van der Waals surface area contributed by atoms with E-state index in [-0.39, 0.29) is 121 Å². The quantitative estimate of drug-likeness (QED) is 0.0418. The smallest absolute Gasteiger partial charge is 0.232 e. The lowest BCUT2D eigenvalue weighted by Crippen LogP contribution is -2.28. The monoisotopic (exact) mass is 1010 g/mol. The standard InChI is InChI=1S/C26H45NO7.C22H42O6.8CH4/c1-6-9-24(29)20-33-18-16-32-15-8-11-25(30)21-34-19-17-31-14-7-10-23(28)12-13-26(4,27-5)22(2)3;1-4-25-14-16-27-19-22(24)12-9-13-26-15-17-28-18-21(23)11-8-6-5-7-10-20(2)3;;;;;;;;/h22H,6-21H2,1-4H3;20H,4-19H2,1-3H3;8*1H4. The van der Waals surface area contributed by atoms with E-state index < -0.39 is 5.54 Å². The molecule has 0 radical (unpaired) electrons. The van der Waals surface area contributed by atoms with Gasteiger partial charge in [0.1, 0.15) is 32.2 Å².